The maximum Gasteiger partial charge on any atom is 0.336 e. The van der Waals surface area contributed by atoms with E-state index in [1.54, 1.807) is 6.92 Å². The summed E-state index contributed by atoms with van der Waals surface area (Å²) in [4.78, 5) is 21.8. The van der Waals surface area contributed by atoms with Crippen LogP contribution in [0.2, 0.25) is 0 Å². The molecule has 0 aromatic heterocycles. The van der Waals surface area contributed by atoms with Crippen LogP contribution < -0.4 is 0 Å². The number of halogens is 1. The first-order valence-corrected chi connectivity index (χ1v) is 4.66. The maximum atomic E-state index is 11.0. The molecule has 0 aliphatic rings. The number of esters is 2. The van der Waals surface area contributed by atoms with Gasteiger partial charge in [-0.2, -0.15) is 0 Å². The van der Waals surface area contributed by atoms with Crippen molar-refractivity contribution in [1.29, 1.82) is 0 Å². The molecule has 0 saturated carbocycles. The smallest absolute Gasteiger partial charge is 0.336 e. The van der Waals surface area contributed by atoms with Crippen LogP contribution in [0.4, 0.5) is 0 Å². The van der Waals surface area contributed by atoms with Crippen LogP contribution in [0.1, 0.15) is 20.3 Å². The van der Waals surface area contributed by atoms with Crippen molar-refractivity contribution >= 4 is 23.5 Å². The van der Waals surface area contributed by atoms with Crippen molar-refractivity contribution in [2.24, 2.45) is 0 Å². The Morgan fingerprint density at radius 3 is 2.36 bits per heavy atom. The van der Waals surface area contributed by atoms with Gasteiger partial charge in [0.25, 0.3) is 0 Å². The summed E-state index contributed by atoms with van der Waals surface area (Å²) in [6.45, 7) is 6.63. The lowest BCUT2D eigenvalue weighted by Crippen LogP contribution is -2.24. The minimum atomic E-state index is -0.884. The summed E-state index contributed by atoms with van der Waals surface area (Å²) in [6.07, 6.45) is -0.507. The minimum absolute atomic E-state index is 0.255. The van der Waals surface area contributed by atoms with E-state index in [1.807, 2.05) is 0 Å². The number of rotatable bonds is 5. The average molecular weight is 221 g/mol. The zero-order chi connectivity index (χ0) is 11.1. The normalized spacial score (nSPS) is 11.6. The molecule has 0 aromatic rings. The summed E-state index contributed by atoms with van der Waals surface area (Å²) < 4.78 is 9.51. The molecule has 0 aliphatic carbocycles. The molecule has 0 fully saturated rings. The highest BCUT2D eigenvalue weighted by Gasteiger charge is 2.16. The highest BCUT2D eigenvalue weighted by molar-refractivity contribution is 6.26. The molecule has 4 nitrogen and oxygen atoms in total. The van der Waals surface area contributed by atoms with Crippen molar-refractivity contribution in [2.75, 3.05) is 5.88 Å². The lowest BCUT2D eigenvalue weighted by Gasteiger charge is -2.15. The van der Waals surface area contributed by atoms with E-state index in [0.717, 1.165) is 0 Å². The average Bonchev–Trinajstić information content (AvgIpc) is 2.16. The third-order valence-electron chi connectivity index (χ3n) is 1.29. The van der Waals surface area contributed by atoms with Crippen LogP contribution in [0.5, 0.6) is 0 Å². The van der Waals surface area contributed by atoms with Gasteiger partial charge in [0, 0.05) is 12.0 Å². The molecule has 0 aliphatic heterocycles. The Labute approximate surface area is 87.8 Å². The molecule has 80 valence electrons. The molecule has 0 radical (unpaired) electrons. The predicted molar refractivity (Wildman–Crippen MR) is 51.8 cm³/mol. The quantitative estimate of drug-likeness (QED) is 0.306. The van der Waals surface area contributed by atoms with E-state index in [0.29, 0.717) is 6.42 Å². The Bertz CT molecular complexity index is 237. The van der Waals surface area contributed by atoms with E-state index >= 15 is 0 Å². The first-order chi connectivity index (χ1) is 6.51. The molecule has 0 amide bonds. The maximum absolute atomic E-state index is 11.0. The fourth-order valence-corrected chi connectivity index (χ4v) is 0.652. The summed E-state index contributed by atoms with van der Waals surface area (Å²) in [5.74, 6) is -1.46. The van der Waals surface area contributed by atoms with Gasteiger partial charge >= 0.3 is 11.9 Å². The highest BCUT2D eigenvalue weighted by Crippen LogP contribution is 2.05. The highest BCUT2D eigenvalue weighted by atomic mass is 35.5. The second-order valence-corrected chi connectivity index (χ2v) is 2.91. The van der Waals surface area contributed by atoms with Gasteiger partial charge in [-0.25, -0.2) is 4.79 Å². The van der Waals surface area contributed by atoms with Crippen molar-refractivity contribution in [3.8, 4) is 0 Å². The molecule has 1 unspecified atom stereocenters. The molecule has 5 heteroatoms. The molecule has 0 bridgehead atoms. The van der Waals surface area contributed by atoms with Gasteiger partial charge in [0.05, 0.1) is 0 Å². The Morgan fingerprint density at radius 2 is 2.00 bits per heavy atom. The van der Waals surface area contributed by atoms with Gasteiger partial charge in [-0.15, -0.1) is 11.6 Å². The largest absolute Gasteiger partial charge is 0.424 e. The Hall–Kier alpha value is -1.03. The van der Waals surface area contributed by atoms with E-state index < -0.39 is 18.2 Å². The van der Waals surface area contributed by atoms with E-state index in [1.165, 1.54) is 6.92 Å². The van der Waals surface area contributed by atoms with Gasteiger partial charge in [0.15, 0.2) is 0 Å². The summed E-state index contributed by atoms with van der Waals surface area (Å²) in [7, 11) is 0. The molecule has 0 N–H and O–H groups in total. The van der Waals surface area contributed by atoms with Gasteiger partial charge in [-0.05, 0) is 6.92 Å². The van der Waals surface area contributed by atoms with E-state index in [-0.39, 0.29) is 11.5 Å². The number of hydrogen-bond acceptors (Lipinski definition) is 4. The molecule has 1 atom stereocenters. The van der Waals surface area contributed by atoms with Gasteiger partial charge in [-0.3, -0.25) is 4.79 Å². The van der Waals surface area contributed by atoms with Gasteiger partial charge in [0.1, 0.15) is 5.88 Å². The Morgan fingerprint density at radius 1 is 1.43 bits per heavy atom. The lowest BCUT2D eigenvalue weighted by molar-refractivity contribution is -0.183. The number of alkyl halides is 1. The third-order valence-corrected chi connectivity index (χ3v) is 1.51. The second kappa shape index (κ2) is 6.43. The number of hydrogen-bond donors (Lipinski definition) is 0. The van der Waals surface area contributed by atoms with Crippen molar-refractivity contribution < 1.29 is 19.1 Å². The zero-order valence-corrected chi connectivity index (χ0v) is 8.97. The van der Waals surface area contributed by atoms with Crippen LogP contribution in [0.25, 0.3) is 0 Å². The van der Waals surface area contributed by atoms with Crippen LogP contribution in [-0.4, -0.2) is 24.1 Å². The minimum Gasteiger partial charge on any atom is -0.424 e. The molecular formula is C9H13ClO4. The van der Waals surface area contributed by atoms with Crippen molar-refractivity contribution in [1.82, 2.24) is 0 Å². The fourth-order valence-electron chi connectivity index (χ4n) is 0.589. The first kappa shape index (κ1) is 13.0. The van der Waals surface area contributed by atoms with E-state index in [4.69, 9.17) is 21.1 Å². The summed E-state index contributed by atoms with van der Waals surface area (Å²) in [5, 5.41) is 0. The molecule has 0 spiro atoms. The molecule has 0 saturated heterocycles. The summed E-state index contributed by atoms with van der Waals surface area (Å²) in [5.41, 5.74) is 0.255. The lowest BCUT2D eigenvalue weighted by atomic mass is 10.3. The van der Waals surface area contributed by atoms with Crippen LogP contribution >= 0.6 is 11.6 Å². The predicted octanol–water partition coefficient (Wildman–Crippen LogP) is 1.62. The topological polar surface area (TPSA) is 52.6 Å². The molecule has 14 heavy (non-hydrogen) atoms. The molecule has 0 aromatic carbocycles. The zero-order valence-electron chi connectivity index (χ0n) is 8.21. The standard InChI is InChI=1S/C9H13ClO4/c1-4-8(13-7(11)5-10)14-9(12)6(2)3/h8H,2,4-5H2,1,3H3. The van der Waals surface area contributed by atoms with Crippen LogP contribution in [0.15, 0.2) is 12.2 Å². The van der Waals surface area contributed by atoms with Crippen LogP contribution in [0, 0.1) is 0 Å². The van der Waals surface area contributed by atoms with Crippen molar-refractivity contribution in [3.63, 3.8) is 0 Å². The first-order valence-electron chi connectivity index (χ1n) is 4.13. The fraction of sp³-hybridized carbons (Fsp3) is 0.556. The van der Waals surface area contributed by atoms with E-state index in [9.17, 15) is 9.59 Å². The molecule has 0 heterocycles. The third kappa shape index (κ3) is 4.87. The van der Waals surface area contributed by atoms with Gasteiger partial charge in [-0.1, -0.05) is 13.5 Å². The van der Waals surface area contributed by atoms with Crippen molar-refractivity contribution in [3.05, 3.63) is 12.2 Å². The summed E-state index contributed by atoms with van der Waals surface area (Å²) >= 11 is 5.22. The van der Waals surface area contributed by atoms with E-state index in [2.05, 4.69) is 6.58 Å². The SMILES string of the molecule is C=C(C)C(=O)OC(CC)OC(=O)CCl. The van der Waals surface area contributed by atoms with Gasteiger partial charge in [0.2, 0.25) is 6.29 Å². The number of ether oxygens (including phenoxy) is 2. The Balaban J connectivity index is 4.09. The Kier molecular flexibility index (Phi) is 5.95. The van der Waals surface area contributed by atoms with Gasteiger partial charge < -0.3 is 9.47 Å². The summed E-state index contributed by atoms with van der Waals surface area (Å²) in [6, 6.07) is 0. The van der Waals surface area contributed by atoms with Crippen molar-refractivity contribution in [2.45, 2.75) is 26.6 Å². The monoisotopic (exact) mass is 220 g/mol. The molecule has 0 rings (SSSR count). The van der Waals surface area contributed by atoms with Crippen LogP contribution in [0.3, 0.4) is 0 Å². The second-order valence-electron chi connectivity index (χ2n) is 2.65. The van der Waals surface area contributed by atoms with Crippen LogP contribution in [-0.2, 0) is 19.1 Å². The number of carbonyl (C=O) groups excluding carboxylic acids is 2. The molecular weight excluding hydrogens is 208 g/mol. The number of carbonyl (C=O) groups is 2.